The van der Waals surface area contributed by atoms with E-state index in [2.05, 4.69) is 86.8 Å². The summed E-state index contributed by atoms with van der Waals surface area (Å²) in [5.41, 5.74) is 0. The van der Waals surface area contributed by atoms with Crippen molar-refractivity contribution in [2.75, 3.05) is 47.5 Å². The number of unbranched alkanes of at least 4 members (excludes halogenated alkanes) is 19. The van der Waals surface area contributed by atoms with Gasteiger partial charge >= 0.3 is 19.8 Å². The van der Waals surface area contributed by atoms with E-state index in [0.717, 1.165) is 89.9 Å². The van der Waals surface area contributed by atoms with E-state index in [0.29, 0.717) is 17.4 Å². The quantitative estimate of drug-likeness (QED) is 0.0212. The molecule has 0 spiro atoms. The second kappa shape index (κ2) is 44.6. The van der Waals surface area contributed by atoms with Crippen molar-refractivity contribution in [3.63, 3.8) is 0 Å². The van der Waals surface area contributed by atoms with Crippen LogP contribution in [0.25, 0.3) is 0 Å². The smallest absolute Gasteiger partial charge is 0.462 e. The molecule has 10 heteroatoms. The van der Waals surface area contributed by atoms with E-state index in [1.165, 1.54) is 77.0 Å². The van der Waals surface area contributed by atoms with Gasteiger partial charge in [-0.2, -0.15) is 0 Å². The summed E-state index contributed by atoms with van der Waals surface area (Å²) >= 11 is 0. The Labute approximate surface area is 387 Å². The number of hydrogen-bond acceptors (Lipinski definition) is 7. The van der Waals surface area contributed by atoms with E-state index in [-0.39, 0.29) is 32.0 Å². The predicted octanol–water partition coefficient (Wildman–Crippen LogP) is 15.0. The lowest BCUT2D eigenvalue weighted by molar-refractivity contribution is -0.870. The van der Waals surface area contributed by atoms with Crippen molar-refractivity contribution >= 4 is 19.8 Å². The highest BCUT2D eigenvalue weighted by Gasteiger charge is 2.27. The molecule has 0 amide bonds. The average Bonchev–Trinajstić information content (AvgIpc) is 3.24. The fourth-order valence-electron chi connectivity index (χ4n) is 6.56. The predicted molar refractivity (Wildman–Crippen MR) is 266 cm³/mol. The molecule has 0 aromatic carbocycles. The largest absolute Gasteiger partial charge is 0.472 e. The lowest BCUT2D eigenvalue weighted by Gasteiger charge is -2.24. The zero-order chi connectivity index (χ0) is 46.4. The molecule has 0 aliphatic carbocycles. The van der Waals surface area contributed by atoms with E-state index in [1.807, 2.05) is 21.1 Å². The minimum Gasteiger partial charge on any atom is -0.462 e. The van der Waals surface area contributed by atoms with Gasteiger partial charge in [-0.1, -0.05) is 177 Å². The van der Waals surface area contributed by atoms with Gasteiger partial charge in [0.25, 0.3) is 0 Å². The van der Waals surface area contributed by atoms with Crippen LogP contribution in [0.3, 0.4) is 0 Å². The number of ether oxygens (including phenoxy) is 2. The first kappa shape index (κ1) is 60.5. The summed E-state index contributed by atoms with van der Waals surface area (Å²) in [5, 5.41) is 0. The highest BCUT2D eigenvalue weighted by Crippen LogP contribution is 2.43. The van der Waals surface area contributed by atoms with Crippen LogP contribution in [0.5, 0.6) is 0 Å². The van der Waals surface area contributed by atoms with Crippen molar-refractivity contribution in [3.05, 3.63) is 72.9 Å². The van der Waals surface area contributed by atoms with Gasteiger partial charge in [0.15, 0.2) is 6.10 Å². The second-order valence-electron chi connectivity index (χ2n) is 17.8. The minimum absolute atomic E-state index is 0.0253. The maximum Gasteiger partial charge on any atom is 0.472 e. The molecule has 0 heterocycles. The Morgan fingerprint density at radius 3 is 1.35 bits per heavy atom. The number of rotatable bonds is 45. The zero-order valence-corrected chi connectivity index (χ0v) is 41.9. The molecule has 2 unspecified atom stereocenters. The Bertz CT molecular complexity index is 1300. The molecule has 0 aromatic heterocycles. The molecule has 0 saturated heterocycles. The number of nitrogens with zero attached hydrogens (tertiary/aromatic N) is 1. The maximum absolute atomic E-state index is 12.8. The van der Waals surface area contributed by atoms with E-state index >= 15 is 0 Å². The molecule has 0 radical (unpaired) electrons. The normalized spacial score (nSPS) is 14.1. The summed E-state index contributed by atoms with van der Waals surface area (Å²) in [4.78, 5) is 35.5. The van der Waals surface area contributed by atoms with Gasteiger partial charge in [0.05, 0.1) is 27.7 Å². The highest BCUT2D eigenvalue weighted by atomic mass is 31.2. The van der Waals surface area contributed by atoms with E-state index in [4.69, 9.17) is 18.5 Å². The Kier molecular flexibility index (Phi) is 42.8. The van der Waals surface area contributed by atoms with Crippen molar-refractivity contribution < 1.29 is 42.1 Å². The molecule has 0 aliphatic heterocycles. The van der Waals surface area contributed by atoms with Crippen LogP contribution >= 0.6 is 7.82 Å². The first-order valence-corrected chi connectivity index (χ1v) is 26.7. The van der Waals surface area contributed by atoms with Crippen LogP contribution in [-0.4, -0.2) is 74.9 Å². The molecule has 9 nitrogen and oxygen atoms in total. The van der Waals surface area contributed by atoms with Crippen LogP contribution < -0.4 is 0 Å². The summed E-state index contributed by atoms with van der Waals surface area (Å²) in [6.07, 6.45) is 56.6. The molecule has 1 N–H and O–H groups in total. The monoisotopic (exact) mass is 905 g/mol. The zero-order valence-electron chi connectivity index (χ0n) is 41.0. The maximum atomic E-state index is 12.8. The number of carbonyl (C=O) groups excluding carboxylic acids is 2. The van der Waals surface area contributed by atoms with Gasteiger partial charge in [-0.25, -0.2) is 4.57 Å². The van der Waals surface area contributed by atoms with Crippen molar-refractivity contribution in [1.82, 2.24) is 0 Å². The van der Waals surface area contributed by atoms with Gasteiger partial charge in [-0.15, -0.1) is 0 Å². The Morgan fingerprint density at radius 2 is 0.905 bits per heavy atom. The fraction of sp³-hybridized carbons (Fsp3) is 0.736. The topological polar surface area (TPSA) is 108 Å². The number of esters is 2. The second-order valence-corrected chi connectivity index (χ2v) is 19.3. The minimum atomic E-state index is -4.39. The molecule has 364 valence electrons. The number of hydrogen-bond donors (Lipinski definition) is 1. The standard InChI is InChI=1S/C53H94NO8P/c1-6-8-10-12-14-16-18-20-22-24-26-27-28-30-32-34-36-38-40-42-44-46-53(56)62-51(50-61-63(57,58)60-48-47-54(3,4)5)49-59-52(55)45-43-41-39-37-35-33-31-29-25-23-21-19-17-15-13-11-9-7-2/h8,10,14,16-17,19-20,22-23,25-27,51H,6-7,9,11-13,15,18,21,24,28-50H2,1-5H3/p+1/b10-8-,16-14-,19-17-,22-20-,25-23-,27-26-. The number of phosphoric ester groups is 1. The first-order chi connectivity index (χ1) is 30.5. The highest BCUT2D eigenvalue weighted by molar-refractivity contribution is 7.47. The molecule has 0 saturated carbocycles. The van der Waals surface area contributed by atoms with Crippen molar-refractivity contribution in [2.45, 2.75) is 206 Å². The van der Waals surface area contributed by atoms with Crippen LogP contribution in [-0.2, 0) is 32.7 Å². The number of allylic oxidation sites excluding steroid dienone is 12. The average molecular weight is 905 g/mol. The van der Waals surface area contributed by atoms with Crippen molar-refractivity contribution in [2.24, 2.45) is 0 Å². The number of quaternary nitrogens is 1. The van der Waals surface area contributed by atoms with Gasteiger partial charge in [-0.3, -0.25) is 18.6 Å². The lowest BCUT2D eigenvalue weighted by Crippen LogP contribution is -2.37. The summed E-state index contributed by atoms with van der Waals surface area (Å²) in [6, 6.07) is 0. The lowest BCUT2D eigenvalue weighted by atomic mass is 10.1. The molecule has 0 bridgehead atoms. The first-order valence-electron chi connectivity index (χ1n) is 25.2. The van der Waals surface area contributed by atoms with Crippen LogP contribution in [0.2, 0.25) is 0 Å². The summed E-state index contributed by atoms with van der Waals surface area (Å²) in [5.74, 6) is -0.818. The summed E-state index contributed by atoms with van der Waals surface area (Å²) in [6.45, 7) is 4.28. The van der Waals surface area contributed by atoms with Crippen LogP contribution in [0.15, 0.2) is 72.9 Å². The molecular formula is C53H95NO8P+. The Balaban J connectivity index is 4.31. The van der Waals surface area contributed by atoms with Crippen molar-refractivity contribution in [3.8, 4) is 0 Å². The van der Waals surface area contributed by atoms with Crippen LogP contribution in [0.1, 0.15) is 200 Å². The molecular weight excluding hydrogens is 810 g/mol. The van der Waals surface area contributed by atoms with Gasteiger partial charge in [0.2, 0.25) is 0 Å². The van der Waals surface area contributed by atoms with Gasteiger partial charge in [-0.05, 0) is 83.5 Å². The molecule has 0 fully saturated rings. The molecule has 0 aromatic rings. The van der Waals surface area contributed by atoms with Crippen molar-refractivity contribution in [1.29, 1.82) is 0 Å². The third kappa shape index (κ3) is 48.7. The number of likely N-dealkylation sites (N-methyl/N-ethyl adjacent to an activating group) is 1. The summed E-state index contributed by atoms with van der Waals surface area (Å²) in [7, 11) is 1.46. The third-order valence-electron chi connectivity index (χ3n) is 10.5. The van der Waals surface area contributed by atoms with E-state index in [1.54, 1.807) is 0 Å². The third-order valence-corrected chi connectivity index (χ3v) is 11.5. The fourth-order valence-corrected chi connectivity index (χ4v) is 7.31. The number of phosphoric acid groups is 1. The molecule has 63 heavy (non-hydrogen) atoms. The molecule has 0 rings (SSSR count). The van der Waals surface area contributed by atoms with Crippen LogP contribution in [0, 0.1) is 0 Å². The Morgan fingerprint density at radius 1 is 0.508 bits per heavy atom. The van der Waals surface area contributed by atoms with Gasteiger partial charge in [0, 0.05) is 12.8 Å². The van der Waals surface area contributed by atoms with E-state index in [9.17, 15) is 19.0 Å². The number of carbonyl (C=O) groups is 2. The summed E-state index contributed by atoms with van der Waals surface area (Å²) < 4.78 is 34.4. The Hall–Kier alpha value is -2.55. The van der Waals surface area contributed by atoms with E-state index < -0.39 is 26.5 Å². The SMILES string of the molecule is CC/C=C\C/C=C\C/C=C\C/C=C\CCCCCCCCCCC(=O)OC(COC(=O)CCCCCCCCC/C=C\C/C=C\CCCCCC)COP(=O)(O)OCC[N+](C)(C)C. The van der Waals surface area contributed by atoms with Gasteiger partial charge in [0.1, 0.15) is 19.8 Å². The van der Waals surface area contributed by atoms with Gasteiger partial charge < -0.3 is 18.9 Å². The molecule has 2 atom stereocenters. The molecule has 0 aliphatic rings. The van der Waals surface area contributed by atoms with Crippen LogP contribution in [0.4, 0.5) is 0 Å².